The Labute approximate surface area is 186 Å². The molecular formula is C29H31NO. The molecule has 0 unspecified atom stereocenters. The van der Waals surface area contributed by atoms with Gasteiger partial charge < -0.3 is 9.32 Å². The first-order chi connectivity index (χ1) is 15.2. The van der Waals surface area contributed by atoms with Crippen LogP contribution < -0.4 is 4.90 Å². The summed E-state index contributed by atoms with van der Waals surface area (Å²) in [6, 6.07) is 30.0. The summed E-state index contributed by atoms with van der Waals surface area (Å²) < 4.78 is 6.67. The zero-order valence-corrected chi connectivity index (χ0v) is 18.8. The fourth-order valence-corrected chi connectivity index (χ4v) is 4.09. The quantitative estimate of drug-likeness (QED) is 0.273. The van der Waals surface area contributed by atoms with Gasteiger partial charge in [0.25, 0.3) is 0 Å². The van der Waals surface area contributed by atoms with E-state index in [0.717, 1.165) is 29.9 Å². The predicted molar refractivity (Wildman–Crippen MR) is 133 cm³/mol. The van der Waals surface area contributed by atoms with E-state index < -0.39 is 0 Å². The van der Waals surface area contributed by atoms with Gasteiger partial charge in [-0.2, -0.15) is 0 Å². The first kappa shape index (κ1) is 21.0. The molecule has 0 N–H and O–H groups in total. The number of aryl methyl sites for hydroxylation is 1. The fraction of sp³-hybridized carbons (Fsp3) is 0.241. The number of benzene rings is 3. The van der Waals surface area contributed by atoms with Crippen molar-refractivity contribution in [2.45, 2.75) is 32.6 Å². The molecule has 0 spiro atoms. The van der Waals surface area contributed by atoms with Gasteiger partial charge in [-0.3, -0.25) is 0 Å². The van der Waals surface area contributed by atoms with Crippen molar-refractivity contribution in [1.29, 1.82) is 0 Å². The lowest BCUT2D eigenvalue weighted by Crippen LogP contribution is -2.07. The number of nitrogens with zero attached hydrogens (tertiary/aromatic N) is 1. The molecule has 0 saturated heterocycles. The Morgan fingerprint density at radius 3 is 1.77 bits per heavy atom. The second-order valence-corrected chi connectivity index (χ2v) is 8.23. The maximum Gasteiger partial charge on any atom is 0.142 e. The molecule has 0 radical (unpaired) electrons. The van der Waals surface area contributed by atoms with Crippen LogP contribution in [0.4, 0.5) is 5.69 Å². The van der Waals surface area contributed by atoms with Gasteiger partial charge in [0.05, 0.1) is 0 Å². The highest BCUT2D eigenvalue weighted by Gasteiger charge is 2.23. The topological polar surface area (TPSA) is 16.4 Å². The Morgan fingerprint density at radius 2 is 1.23 bits per heavy atom. The molecule has 0 fully saturated rings. The monoisotopic (exact) mass is 409 g/mol. The van der Waals surface area contributed by atoms with E-state index in [4.69, 9.17) is 4.42 Å². The maximum atomic E-state index is 6.67. The van der Waals surface area contributed by atoms with E-state index in [9.17, 15) is 0 Å². The molecular weight excluding hydrogens is 378 g/mol. The lowest BCUT2D eigenvalue weighted by atomic mass is 9.92. The highest BCUT2D eigenvalue weighted by molar-refractivity contribution is 5.94. The average molecular weight is 410 g/mol. The minimum atomic E-state index is 0.952. The summed E-state index contributed by atoms with van der Waals surface area (Å²) in [5.74, 6) is 2.05. The van der Waals surface area contributed by atoms with E-state index in [1.807, 2.05) is 0 Å². The van der Waals surface area contributed by atoms with Gasteiger partial charge in [0, 0.05) is 42.9 Å². The number of anilines is 1. The predicted octanol–water partition coefficient (Wildman–Crippen LogP) is 8.08. The van der Waals surface area contributed by atoms with Gasteiger partial charge in [-0.1, -0.05) is 80.4 Å². The molecule has 2 heteroatoms. The van der Waals surface area contributed by atoms with Crippen LogP contribution in [0.2, 0.25) is 0 Å². The van der Waals surface area contributed by atoms with Crippen molar-refractivity contribution in [2.75, 3.05) is 19.0 Å². The minimum Gasteiger partial charge on any atom is -0.460 e. The van der Waals surface area contributed by atoms with E-state index in [1.54, 1.807) is 0 Å². The van der Waals surface area contributed by atoms with Gasteiger partial charge in [0.15, 0.2) is 0 Å². The zero-order valence-electron chi connectivity index (χ0n) is 18.8. The zero-order chi connectivity index (χ0) is 21.6. The first-order valence-electron chi connectivity index (χ1n) is 11.2. The molecule has 0 aliphatic carbocycles. The third-order valence-electron chi connectivity index (χ3n) is 5.76. The Balaban J connectivity index is 1.93. The molecule has 1 heterocycles. The summed E-state index contributed by atoms with van der Waals surface area (Å²) in [6.45, 7) is 2.24. The molecule has 3 aromatic carbocycles. The fourth-order valence-electron chi connectivity index (χ4n) is 4.09. The van der Waals surface area contributed by atoms with Gasteiger partial charge in [0.1, 0.15) is 11.5 Å². The van der Waals surface area contributed by atoms with Crippen molar-refractivity contribution in [3.63, 3.8) is 0 Å². The molecule has 0 bridgehead atoms. The first-order valence-corrected chi connectivity index (χ1v) is 11.2. The van der Waals surface area contributed by atoms with Crippen LogP contribution >= 0.6 is 0 Å². The average Bonchev–Trinajstić information content (AvgIpc) is 3.20. The maximum absolute atomic E-state index is 6.67. The largest absolute Gasteiger partial charge is 0.460 e. The molecule has 31 heavy (non-hydrogen) atoms. The summed E-state index contributed by atoms with van der Waals surface area (Å²) in [6.07, 6.45) is 4.50. The van der Waals surface area contributed by atoms with Crippen LogP contribution in [0.3, 0.4) is 0 Å². The highest BCUT2D eigenvalue weighted by atomic mass is 16.3. The molecule has 0 amide bonds. The van der Waals surface area contributed by atoms with Crippen molar-refractivity contribution in [3.05, 3.63) is 90.7 Å². The standard InChI is InChI=1S/C29H31NO/c1-4-5-8-17-26-27(22-13-9-6-10-14-22)28(23-15-11-7-12-16-23)29(31-26)24-18-20-25(21-19-24)30(2)3/h6-7,9-16,18-21H,4-5,8,17H2,1-3H3. The second kappa shape index (κ2) is 9.70. The van der Waals surface area contributed by atoms with Crippen molar-refractivity contribution in [1.82, 2.24) is 0 Å². The number of rotatable bonds is 8. The number of hydrogen-bond acceptors (Lipinski definition) is 2. The number of furan rings is 1. The van der Waals surface area contributed by atoms with E-state index >= 15 is 0 Å². The van der Waals surface area contributed by atoms with E-state index in [2.05, 4.69) is 111 Å². The Bertz CT molecular complexity index is 1090. The molecule has 0 aliphatic rings. The molecule has 0 aliphatic heterocycles. The summed E-state index contributed by atoms with van der Waals surface area (Å²) in [5.41, 5.74) is 7.13. The van der Waals surface area contributed by atoms with Crippen LogP contribution in [-0.4, -0.2) is 14.1 Å². The van der Waals surface area contributed by atoms with E-state index in [-0.39, 0.29) is 0 Å². The lowest BCUT2D eigenvalue weighted by Gasteiger charge is -2.13. The SMILES string of the molecule is CCCCCc1oc(-c2ccc(N(C)C)cc2)c(-c2ccccc2)c1-c1ccccc1. The van der Waals surface area contributed by atoms with Crippen molar-refractivity contribution in [2.24, 2.45) is 0 Å². The normalized spacial score (nSPS) is 10.9. The molecule has 1 aromatic heterocycles. The van der Waals surface area contributed by atoms with Gasteiger partial charge >= 0.3 is 0 Å². The molecule has 0 atom stereocenters. The third-order valence-corrected chi connectivity index (χ3v) is 5.76. The van der Waals surface area contributed by atoms with Gasteiger partial charge in [0.2, 0.25) is 0 Å². The van der Waals surface area contributed by atoms with E-state index in [0.29, 0.717) is 0 Å². The van der Waals surface area contributed by atoms with Crippen LogP contribution in [0.1, 0.15) is 31.9 Å². The number of hydrogen-bond donors (Lipinski definition) is 0. The summed E-state index contributed by atoms with van der Waals surface area (Å²) in [4.78, 5) is 2.12. The third kappa shape index (κ3) is 4.59. The van der Waals surface area contributed by atoms with Gasteiger partial charge in [-0.25, -0.2) is 0 Å². The molecule has 158 valence electrons. The van der Waals surface area contributed by atoms with Crippen LogP contribution in [0.15, 0.2) is 89.3 Å². The Kier molecular flexibility index (Phi) is 6.57. The number of unbranched alkanes of at least 4 members (excludes halogenated alkanes) is 2. The second-order valence-electron chi connectivity index (χ2n) is 8.23. The van der Waals surface area contributed by atoms with Crippen molar-refractivity contribution < 1.29 is 4.42 Å². The van der Waals surface area contributed by atoms with Gasteiger partial charge in [-0.15, -0.1) is 0 Å². The van der Waals surface area contributed by atoms with Crippen molar-refractivity contribution in [3.8, 4) is 33.6 Å². The molecule has 4 rings (SSSR count). The summed E-state index contributed by atoms with van der Waals surface area (Å²) in [5, 5.41) is 0. The van der Waals surface area contributed by atoms with Crippen LogP contribution in [0.25, 0.3) is 33.6 Å². The molecule has 4 aromatic rings. The van der Waals surface area contributed by atoms with Crippen LogP contribution in [-0.2, 0) is 6.42 Å². The van der Waals surface area contributed by atoms with E-state index in [1.165, 1.54) is 40.8 Å². The van der Waals surface area contributed by atoms with Crippen LogP contribution in [0, 0.1) is 0 Å². The highest BCUT2D eigenvalue weighted by Crippen LogP contribution is 2.45. The van der Waals surface area contributed by atoms with Gasteiger partial charge in [-0.05, 0) is 41.8 Å². The summed E-state index contributed by atoms with van der Waals surface area (Å²) >= 11 is 0. The Morgan fingerprint density at radius 1 is 0.645 bits per heavy atom. The van der Waals surface area contributed by atoms with Crippen LogP contribution in [0.5, 0.6) is 0 Å². The molecule has 0 saturated carbocycles. The molecule has 2 nitrogen and oxygen atoms in total. The van der Waals surface area contributed by atoms with Crippen molar-refractivity contribution >= 4 is 5.69 Å². The summed E-state index contributed by atoms with van der Waals surface area (Å²) in [7, 11) is 4.13. The lowest BCUT2D eigenvalue weighted by molar-refractivity contribution is 0.510. The Hall–Kier alpha value is -3.26. The minimum absolute atomic E-state index is 0.952. The smallest absolute Gasteiger partial charge is 0.142 e.